The lowest BCUT2D eigenvalue weighted by atomic mass is 10.0. The maximum Gasteiger partial charge on any atom is 0.179 e. The molecular weight excluding hydrogens is 264 g/mol. The standard InChI is InChI=1S/C17H26N2O2/c1-13-12-18(3)10-5-11-19(13)14(2)17(20)15-6-8-16(21-4)9-7-15/h6-9,13-14H,5,10-12H2,1-4H3. The Morgan fingerprint density at radius 3 is 2.57 bits per heavy atom. The average molecular weight is 290 g/mol. The van der Waals surface area contributed by atoms with Crippen LogP contribution in [0.2, 0.25) is 0 Å². The van der Waals surface area contributed by atoms with Crippen LogP contribution >= 0.6 is 0 Å². The number of ketones is 1. The first-order valence-electron chi connectivity index (χ1n) is 7.65. The zero-order valence-electron chi connectivity index (χ0n) is 13.5. The Kier molecular flexibility index (Phi) is 5.37. The second-order valence-electron chi connectivity index (χ2n) is 5.97. The number of likely N-dealkylation sites (N-methyl/N-ethyl adjacent to an activating group) is 1. The molecule has 1 aliphatic rings. The Morgan fingerprint density at radius 1 is 1.29 bits per heavy atom. The smallest absolute Gasteiger partial charge is 0.179 e. The Hall–Kier alpha value is -1.39. The van der Waals surface area contributed by atoms with Crippen LogP contribution in [0.25, 0.3) is 0 Å². The molecule has 2 rings (SSSR count). The summed E-state index contributed by atoms with van der Waals surface area (Å²) in [5, 5.41) is 0. The van der Waals surface area contributed by atoms with Crippen molar-refractivity contribution < 1.29 is 9.53 Å². The van der Waals surface area contributed by atoms with Gasteiger partial charge in [-0.15, -0.1) is 0 Å². The van der Waals surface area contributed by atoms with E-state index in [9.17, 15) is 4.79 Å². The van der Waals surface area contributed by atoms with Crippen LogP contribution in [0, 0.1) is 0 Å². The Balaban J connectivity index is 2.09. The molecule has 0 aliphatic carbocycles. The minimum atomic E-state index is -0.0834. The van der Waals surface area contributed by atoms with Crippen molar-refractivity contribution in [2.24, 2.45) is 0 Å². The van der Waals surface area contributed by atoms with Gasteiger partial charge < -0.3 is 9.64 Å². The van der Waals surface area contributed by atoms with Crippen LogP contribution in [0.5, 0.6) is 5.75 Å². The summed E-state index contributed by atoms with van der Waals surface area (Å²) in [4.78, 5) is 17.4. The van der Waals surface area contributed by atoms with Crippen LogP contribution in [0.3, 0.4) is 0 Å². The maximum atomic E-state index is 12.7. The van der Waals surface area contributed by atoms with E-state index in [1.807, 2.05) is 31.2 Å². The fraction of sp³-hybridized carbons (Fsp3) is 0.588. The monoisotopic (exact) mass is 290 g/mol. The molecule has 0 bridgehead atoms. The van der Waals surface area contributed by atoms with Crippen LogP contribution in [-0.2, 0) is 0 Å². The molecule has 0 saturated carbocycles. The van der Waals surface area contributed by atoms with Gasteiger partial charge in [0.05, 0.1) is 13.2 Å². The minimum Gasteiger partial charge on any atom is -0.497 e. The van der Waals surface area contributed by atoms with Crippen molar-refractivity contribution in [1.29, 1.82) is 0 Å². The highest BCUT2D eigenvalue weighted by Gasteiger charge is 2.28. The van der Waals surface area contributed by atoms with Gasteiger partial charge in [0.2, 0.25) is 0 Å². The van der Waals surface area contributed by atoms with Gasteiger partial charge in [0.1, 0.15) is 5.75 Å². The van der Waals surface area contributed by atoms with Crippen molar-refractivity contribution in [3.05, 3.63) is 29.8 Å². The molecule has 0 aromatic heterocycles. The van der Waals surface area contributed by atoms with Crippen LogP contribution in [0.15, 0.2) is 24.3 Å². The number of methoxy groups -OCH3 is 1. The van der Waals surface area contributed by atoms with E-state index in [1.54, 1.807) is 7.11 Å². The molecule has 1 aromatic carbocycles. The third-order valence-electron chi connectivity index (χ3n) is 4.35. The number of ether oxygens (including phenoxy) is 1. The lowest BCUT2D eigenvalue weighted by molar-refractivity contribution is 0.0778. The highest BCUT2D eigenvalue weighted by atomic mass is 16.5. The molecule has 0 spiro atoms. The van der Waals surface area contributed by atoms with Crippen molar-refractivity contribution in [3.63, 3.8) is 0 Å². The lowest BCUT2D eigenvalue weighted by Crippen LogP contribution is -2.46. The second-order valence-corrected chi connectivity index (χ2v) is 5.97. The van der Waals surface area contributed by atoms with Gasteiger partial charge in [0.25, 0.3) is 0 Å². The van der Waals surface area contributed by atoms with E-state index in [4.69, 9.17) is 4.74 Å². The summed E-state index contributed by atoms with van der Waals surface area (Å²) >= 11 is 0. The Labute approximate surface area is 127 Å². The fourth-order valence-electron chi connectivity index (χ4n) is 3.11. The Bertz CT molecular complexity index is 472. The predicted molar refractivity (Wildman–Crippen MR) is 85.1 cm³/mol. The number of hydrogen-bond acceptors (Lipinski definition) is 4. The number of carbonyl (C=O) groups excluding carboxylic acids is 1. The van der Waals surface area contributed by atoms with E-state index in [0.29, 0.717) is 6.04 Å². The van der Waals surface area contributed by atoms with E-state index in [0.717, 1.165) is 37.4 Å². The number of nitrogens with zero attached hydrogens (tertiary/aromatic N) is 2. The number of benzene rings is 1. The molecule has 0 amide bonds. The van der Waals surface area contributed by atoms with E-state index in [-0.39, 0.29) is 11.8 Å². The fourth-order valence-corrected chi connectivity index (χ4v) is 3.11. The summed E-state index contributed by atoms with van der Waals surface area (Å²) in [6.07, 6.45) is 1.11. The topological polar surface area (TPSA) is 32.8 Å². The predicted octanol–water partition coefficient (Wildman–Crippen LogP) is 2.29. The van der Waals surface area contributed by atoms with E-state index < -0.39 is 0 Å². The van der Waals surface area contributed by atoms with Crippen LogP contribution in [0.4, 0.5) is 0 Å². The van der Waals surface area contributed by atoms with E-state index in [1.165, 1.54) is 0 Å². The summed E-state index contributed by atoms with van der Waals surface area (Å²) in [6, 6.07) is 7.71. The first kappa shape index (κ1) is 16.0. The molecular formula is C17H26N2O2. The number of hydrogen-bond donors (Lipinski definition) is 0. The molecule has 21 heavy (non-hydrogen) atoms. The SMILES string of the molecule is COc1ccc(C(=O)C(C)N2CCCN(C)CC2C)cc1. The van der Waals surface area contributed by atoms with Crippen molar-refractivity contribution in [2.45, 2.75) is 32.4 Å². The molecule has 116 valence electrons. The summed E-state index contributed by atoms with van der Waals surface area (Å²) in [7, 11) is 3.78. The molecule has 2 unspecified atom stereocenters. The molecule has 1 aromatic rings. The van der Waals surface area contributed by atoms with Gasteiger partial charge in [0, 0.05) is 24.7 Å². The summed E-state index contributed by atoms with van der Waals surface area (Å²) in [5.41, 5.74) is 0.758. The Morgan fingerprint density at radius 2 is 1.95 bits per heavy atom. The average Bonchev–Trinajstić information content (AvgIpc) is 2.66. The molecule has 0 N–H and O–H groups in total. The molecule has 4 nitrogen and oxygen atoms in total. The third-order valence-corrected chi connectivity index (χ3v) is 4.35. The molecule has 4 heteroatoms. The van der Waals surface area contributed by atoms with Gasteiger partial charge in [-0.25, -0.2) is 0 Å². The molecule has 1 heterocycles. The van der Waals surface area contributed by atoms with Gasteiger partial charge in [-0.2, -0.15) is 0 Å². The first-order chi connectivity index (χ1) is 10.0. The number of Topliss-reactive ketones (excluding diaryl/α,β-unsaturated/α-hetero) is 1. The van der Waals surface area contributed by atoms with Crippen molar-refractivity contribution in [3.8, 4) is 5.75 Å². The van der Waals surface area contributed by atoms with Gasteiger partial charge in [-0.05, 0) is 58.1 Å². The van der Waals surface area contributed by atoms with E-state index in [2.05, 4.69) is 23.8 Å². The summed E-state index contributed by atoms with van der Waals surface area (Å²) < 4.78 is 5.14. The molecule has 2 atom stereocenters. The van der Waals surface area contributed by atoms with Crippen LogP contribution in [-0.4, -0.2) is 61.5 Å². The third kappa shape index (κ3) is 3.83. The van der Waals surface area contributed by atoms with Crippen LogP contribution < -0.4 is 4.74 Å². The van der Waals surface area contributed by atoms with Crippen molar-refractivity contribution >= 4 is 5.78 Å². The molecule has 1 saturated heterocycles. The minimum absolute atomic E-state index is 0.0834. The zero-order chi connectivity index (χ0) is 15.4. The largest absolute Gasteiger partial charge is 0.497 e. The highest BCUT2D eigenvalue weighted by molar-refractivity contribution is 5.99. The van der Waals surface area contributed by atoms with Gasteiger partial charge in [-0.3, -0.25) is 9.69 Å². The van der Waals surface area contributed by atoms with Crippen molar-refractivity contribution in [2.75, 3.05) is 33.8 Å². The van der Waals surface area contributed by atoms with Crippen molar-refractivity contribution in [1.82, 2.24) is 9.80 Å². The normalized spacial score (nSPS) is 22.6. The zero-order valence-corrected chi connectivity index (χ0v) is 13.5. The highest BCUT2D eigenvalue weighted by Crippen LogP contribution is 2.18. The van der Waals surface area contributed by atoms with Gasteiger partial charge >= 0.3 is 0 Å². The van der Waals surface area contributed by atoms with Gasteiger partial charge in [0.15, 0.2) is 5.78 Å². The summed E-state index contributed by atoms with van der Waals surface area (Å²) in [5.74, 6) is 0.970. The van der Waals surface area contributed by atoms with E-state index >= 15 is 0 Å². The molecule has 1 fully saturated rings. The maximum absolute atomic E-state index is 12.7. The lowest BCUT2D eigenvalue weighted by Gasteiger charge is -2.32. The second kappa shape index (κ2) is 7.05. The quantitative estimate of drug-likeness (QED) is 0.797. The number of carbonyl (C=O) groups is 1. The summed E-state index contributed by atoms with van der Waals surface area (Å²) in [6.45, 7) is 7.33. The van der Waals surface area contributed by atoms with Gasteiger partial charge in [-0.1, -0.05) is 0 Å². The first-order valence-corrected chi connectivity index (χ1v) is 7.65. The number of rotatable bonds is 4. The van der Waals surface area contributed by atoms with Crippen LogP contribution in [0.1, 0.15) is 30.6 Å². The molecule has 0 radical (unpaired) electrons. The molecule has 1 aliphatic heterocycles.